The van der Waals surface area contributed by atoms with Gasteiger partial charge in [0, 0.05) is 33.4 Å². The van der Waals surface area contributed by atoms with Gasteiger partial charge in [0.15, 0.2) is 17.1 Å². The highest BCUT2D eigenvalue weighted by Gasteiger charge is 2.40. The number of ether oxygens (including phenoxy) is 1. The van der Waals surface area contributed by atoms with Crippen molar-refractivity contribution in [2.24, 2.45) is 5.41 Å². The summed E-state index contributed by atoms with van der Waals surface area (Å²) >= 11 is 1.21. The Morgan fingerprint density at radius 2 is 2.04 bits per heavy atom. The van der Waals surface area contributed by atoms with E-state index in [1.165, 1.54) is 23.2 Å². The molecule has 2 amide bonds. The summed E-state index contributed by atoms with van der Waals surface area (Å²) in [4.78, 5) is 44.4. The fraction of sp³-hybridized carbons (Fsp3) is 0.625. The average Bonchev–Trinajstić information content (AvgIpc) is 2.84. The SMILES string of the molecule is CC(=O)OC1CCN(C)C(=O)N1c1nc2c(s1)C(=O)CC(C)(C)C2. The Morgan fingerprint density at radius 1 is 1.33 bits per heavy atom. The summed E-state index contributed by atoms with van der Waals surface area (Å²) < 4.78 is 5.30. The smallest absolute Gasteiger partial charge is 0.329 e. The Hall–Kier alpha value is -1.96. The Kier molecular flexibility index (Phi) is 4.11. The molecular weight excluding hydrogens is 330 g/mol. The number of hydrogen-bond donors (Lipinski definition) is 0. The maximum Gasteiger partial charge on any atom is 0.329 e. The number of urea groups is 1. The lowest BCUT2D eigenvalue weighted by Gasteiger charge is -2.37. The van der Waals surface area contributed by atoms with Crippen molar-refractivity contribution >= 4 is 34.3 Å². The molecule has 3 rings (SSSR count). The number of anilines is 1. The first kappa shape index (κ1) is 16.9. The summed E-state index contributed by atoms with van der Waals surface area (Å²) in [6.45, 7) is 5.90. The molecule has 130 valence electrons. The number of fused-ring (bicyclic) bond motifs is 1. The molecule has 1 aromatic rings. The fourth-order valence-electron chi connectivity index (χ4n) is 3.15. The van der Waals surface area contributed by atoms with Crippen molar-refractivity contribution in [3.63, 3.8) is 0 Å². The van der Waals surface area contributed by atoms with Gasteiger partial charge in [-0.1, -0.05) is 25.2 Å². The van der Waals surface area contributed by atoms with E-state index in [1.807, 2.05) is 13.8 Å². The molecule has 8 heteroatoms. The highest BCUT2D eigenvalue weighted by atomic mass is 32.1. The van der Waals surface area contributed by atoms with Crippen LogP contribution in [0.2, 0.25) is 0 Å². The molecule has 0 radical (unpaired) electrons. The number of hydrogen-bond acceptors (Lipinski definition) is 6. The number of esters is 1. The summed E-state index contributed by atoms with van der Waals surface area (Å²) in [6.07, 6.45) is 0.997. The van der Waals surface area contributed by atoms with Crippen molar-refractivity contribution in [1.29, 1.82) is 0 Å². The molecular formula is C16H21N3O4S. The maximum atomic E-state index is 12.6. The molecule has 0 aromatic carbocycles. The molecule has 1 aliphatic heterocycles. The highest BCUT2D eigenvalue weighted by Crippen LogP contribution is 2.40. The fourth-order valence-corrected chi connectivity index (χ4v) is 4.21. The molecule has 24 heavy (non-hydrogen) atoms. The Labute approximate surface area is 144 Å². The van der Waals surface area contributed by atoms with Crippen LogP contribution in [0, 0.1) is 5.41 Å². The van der Waals surface area contributed by atoms with Gasteiger partial charge < -0.3 is 9.64 Å². The van der Waals surface area contributed by atoms with E-state index in [2.05, 4.69) is 4.98 Å². The van der Waals surface area contributed by atoms with Gasteiger partial charge in [-0.05, 0) is 11.8 Å². The van der Waals surface area contributed by atoms with Gasteiger partial charge in [-0.15, -0.1) is 0 Å². The van der Waals surface area contributed by atoms with Crippen LogP contribution in [0.25, 0.3) is 0 Å². The minimum absolute atomic E-state index is 0.0619. The third-order valence-electron chi connectivity index (χ3n) is 4.26. The van der Waals surface area contributed by atoms with E-state index in [0.29, 0.717) is 35.8 Å². The number of rotatable bonds is 2. The van der Waals surface area contributed by atoms with Crippen molar-refractivity contribution in [3.05, 3.63) is 10.6 Å². The van der Waals surface area contributed by atoms with Gasteiger partial charge in [-0.2, -0.15) is 0 Å². The number of aromatic nitrogens is 1. The summed E-state index contributed by atoms with van der Waals surface area (Å²) in [6, 6.07) is -0.273. The van der Waals surface area contributed by atoms with E-state index in [0.717, 1.165) is 5.69 Å². The van der Waals surface area contributed by atoms with Gasteiger partial charge >= 0.3 is 12.0 Å². The molecule has 0 spiro atoms. The molecule has 0 N–H and O–H groups in total. The Morgan fingerprint density at radius 3 is 2.71 bits per heavy atom. The highest BCUT2D eigenvalue weighted by molar-refractivity contribution is 7.17. The Balaban J connectivity index is 1.98. The third-order valence-corrected chi connectivity index (χ3v) is 5.40. The second-order valence-electron chi connectivity index (χ2n) is 7.14. The van der Waals surface area contributed by atoms with Crippen LogP contribution >= 0.6 is 11.3 Å². The molecule has 1 atom stereocenters. The second-order valence-corrected chi connectivity index (χ2v) is 8.12. The zero-order valence-electron chi connectivity index (χ0n) is 14.3. The molecule has 2 heterocycles. The topological polar surface area (TPSA) is 79.8 Å². The third kappa shape index (κ3) is 3.02. The van der Waals surface area contributed by atoms with Crippen LogP contribution in [0.4, 0.5) is 9.93 Å². The van der Waals surface area contributed by atoms with E-state index in [4.69, 9.17) is 4.74 Å². The lowest BCUT2D eigenvalue weighted by molar-refractivity contribution is -0.146. The van der Waals surface area contributed by atoms with Gasteiger partial charge in [-0.25, -0.2) is 14.7 Å². The maximum absolute atomic E-state index is 12.6. The van der Waals surface area contributed by atoms with Crippen LogP contribution in [0.1, 0.15) is 49.0 Å². The van der Waals surface area contributed by atoms with Gasteiger partial charge in [0.2, 0.25) is 0 Å². The first-order valence-corrected chi connectivity index (χ1v) is 8.74. The number of carbonyl (C=O) groups excluding carboxylic acids is 3. The van der Waals surface area contributed by atoms with Crippen molar-refractivity contribution in [3.8, 4) is 0 Å². The van der Waals surface area contributed by atoms with Crippen LogP contribution in [-0.2, 0) is 16.0 Å². The molecule has 1 fully saturated rings. The molecule has 0 saturated carbocycles. The van der Waals surface area contributed by atoms with Crippen LogP contribution in [0.15, 0.2) is 0 Å². The van der Waals surface area contributed by atoms with Crippen LogP contribution in [0.5, 0.6) is 0 Å². The molecule has 2 aliphatic rings. The van der Waals surface area contributed by atoms with E-state index in [9.17, 15) is 14.4 Å². The normalized spacial score (nSPS) is 23.2. The summed E-state index contributed by atoms with van der Waals surface area (Å²) in [5, 5.41) is 0.425. The zero-order valence-corrected chi connectivity index (χ0v) is 15.1. The zero-order chi connectivity index (χ0) is 17.6. The molecule has 0 bridgehead atoms. The predicted molar refractivity (Wildman–Crippen MR) is 89.2 cm³/mol. The molecule has 1 aromatic heterocycles. The first-order chi connectivity index (χ1) is 11.2. The predicted octanol–water partition coefficient (Wildman–Crippen LogP) is 2.45. The lowest BCUT2D eigenvalue weighted by Crippen LogP contribution is -2.54. The largest absolute Gasteiger partial charge is 0.441 e. The summed E-state index contributed by atoms with van der Waals surface area (Å²) in [7, 11) is 1.70. The van der Waals surface area contributed by atoms with Gasteiger partial charge in [0.25, 0.3) is 0 Å². The van der Waals surface area contributed by atoms with Crippen LogP contribution in [-0.4, -0.2) is 47.5 Å². The number of thiazole rings is 1. The number of Topliss-reactive ketones (excluding diaryl/α,β-unsaturated/α-hetero) is 1. The van der Waals surface area contributed by atoms with Crippen LogP contribution in [0.3, 0.4) is 0 Å². The standard InChI is InChI=1S/C16H21N3O4S/c1-9(20)23-12-5-6-18(4)15(22)19(12)14-17-10-7-16(2,3)8-11(21)13(10)24-14/h12H,5-8H2,1-4H3. The van der Waals surface area contributed by atoms with E-state index in [-0.39, 0.29) is 17.2 Å². The molecule has 1 unspecified atom stereocenters. The van der Waals surface area contributed by atoms with Crippen molar-refractivity contribution < 1.29 is 19.1 Å². The average molecular weight is 351 g/mol. The van der Waals surface area contributed by atoms with Gasteiger partial charge in [0.05, 0.1) is 10.6 Å². The van der Waals surface area contributed by atoms with Gasteiger partial charge in [-0.3, -0.25) is 9.59 Å². The molecule has 1 aliphatic carbocycles. The lowest BCUT2D eigenvalue weighted by atomic mass is 9.78. The van der Waals surface area contributed by atoms with E-state index < -0.39 is 12.2 Å². The van der Waals surface area contributed by atoms with Gasteiger partial charge in [0.1, 0.15) is 0 Å². The Bertz CT molecular complexity index is 712. The summed E-state index contributed by atoms with van der Waals surface area (Å²) in [5.74, 6) is -0.382. The van der Waals surface area contributed by atoms with E-state index in [1.54, 1.807) is 11.9 Å². The number of ketones is 1. The van der Waals surface area contributed by atoms with Crippen molar-refractivity contribution in [1.82, 2.24) is 9.88 Å². The second kappa shape index (κ2) is 5.84. The minimum Gasteiger partial charge on any atom is -0.441 e. The van der Waals surface area contributed by atoms with Crippen molar-refractivity contribution in [2.75, 3.05) is 18.5 Å². The molecule has 1 saturated heterocycles. The van der Waals surface area contributed by atoms with E-state index >= 15 is 0 Å². The number of nitrogens with zero attached hydrogens (tertiary/aromatic N) is 3. The molecule has 7 nitrogen and oxygen atoms in total. The number of amides is 2. The first-order valence-electron chi connectivity index (χ1n) is 7.92. The van der Waals surface area contributed by atoms with Crippen molar-refractivity contribution in [2.45, 2.75) is 46.3 Å². The quantitative estimate of drug-likeness (QED) is 0.765. The van der Waals surface area contributed by atoms with Crippen LogP contribution < -0.4 is 4.90 Å². The monoisotopic (exact) mass is 351 g/mol. The summed E-state index contributed by atoms with van der Waals surface area (Å²) in [5.41, 5.74) is 0.604. The minimum atomic E-state index is -0.679. The number of carbonyl (C=O) groups is 3.